The largest absolute Gasteiger partial charge is 0.421 e. The molecule has 0 saturated heterocycles. The molecule has 2 aliphatic rings. The zero-order valence-electron chi connectivity index (χ0n) is 11.6. The lowest BCUT2D eigenvalue weighted by atomic mass is 10.2. The number of esters is 1. The summed E-state index contributed by atoms with van der Waals surface area (Å²) in [5.41, 5.74) is 0.249. The topological polar surface area (TPSA) is 76.0 Å². The molecule has 1 aromatic carbocycles. The van der Waals surface area contributed by atoms with Crippen LogP contribution >= 0.6 is 23.2 Å². The van der Waals surface area contributed by atoms with Gasteiger partial charge in [-0.25, -0.2) is 13.2 Å². The van der Waals surface area contributed by atoms with Gasteiger partial charge in [-0.2, -0.15) is 0 Å². The molecule has 0 aliphatic carbocycles. The number of halogens is 2. The van der Waals surface area contributed by atoms with Gasteiger partial charge < -0.3 is 9.64 Å². The Hall–Kier alpha value is -1.83. The number of carbonyl (C=O) groups is 1. The summed E-state index contributed by atoms with van der Waals surface area (Å²) in [5.74, 6) is -0.311. The van der Waals surface area contributed by atoms with Crippen molar-refractivity contribution in [3.05, 3.63) is 52.2 Å². The van der Waals surface area contributed by atoms with Crippen LogP contribution in [0.5, 0.6) is 5.75 Å². The maximum absolute atomic E-state index is 12.2. The average Bonchev–Trinajstić information content (AvgIpc) is 2.50. The second-order valence-corrected chi connectivity index (χ2v) is 7.33. The summed E-state index contributed by atoms with van der Waals surface area (Å²) < 4.78 is 31.7. The van der Waals surface area contributed by atoms with Gasteiger partial charge in [0.1, 0.15) is 10.9 Å². The first kappa shape index (κ1) is 16.0. The molecular weight excluding hydrogens is 363 g/mol. The van der Waals surface area contributed by atoms with Gasteiger partial charge in [-0.05, 0) is 24.3 Å². The standard InChI is InChI=1S/C14H10Cl2N2O4S/c15-10-2-1-3-11(13(10)16)22-14(19)9-4-5-12-17-23(20,21)7-6-18(12)8-9/h1-5,8H,6-7H2. The third-order valence-electron chi connectivity index (χ3n) is 3.18. The van der Waals surface area contributed by atoms with Crippen LogP contribution in [0.1, 0.15) is 0 Å². The number of carbonyl (C=O) groups excluding carboxylic acids is 1. The maximum Gasteiger partial charge on any atom is 0.345 e. The molecule has 1 aromatic rings. The van der Waals surface area contributed by atoms with E-state index < -0.39 is 16.0 Å². The van der Waals surface area contributed by atoms with Crippen molar-refractivity contribution >= 4 is 45.0 Å². The zero-order valence-corrected chi connectivity index (χ0v) is 13.9. The van der Waals surface area contributed by atoms with Crippen LogP contribution < -0.4 is 4.74 Å². The van der Waals surface area contributed by atoms with Crippen molar-refractivity contribution in [3.63, 3.8) is 0 Å². The summed E-state index contributed by atoms with van der Waals surface area (Å²) in [6, 6.07) is 4.72. The zero-order chi connectivity index (χ0) is 16.6. The first-order chi connectivity index (χ1) is 10.9. The third-order valence-corrected chi connectivity index (χ3v) is 5.14. The second kappa shape index (κ2) is 5.99. The van der Waals surface area contributed by atoms with Crippen molar-refractivity contribution in [2.75, 3.05) is 12.3 Å². The quantitative estimate of drug-likeness (QED) is 0.588. The Balaban J connectivity index is 1.81. The minimum atomic E-state index is -3.43. The predicted octanol–water partition coefficient (Wildman–Crippen LogP) is 2.40. The van der Waals surface area contributed by atoms with Crippen molar-refractivity contribution in [1.29, 1.82) is 0 Å². The highest BCUT2D eigenvalue weighted by Gasteiger charge is 2.25. The number of amidine groups is 1. The molecule has 3 rings (SSSR count). The molecule has 0 unspecified atom stereocenters. The van der Waals surface area contributed by atoms with E-state index in [1.807, 2.05) is 0 Å². The fourth-order valence-electron chi connectivity index (χ4n) is 2.04. The van der Waals surface area contributed by atoms with E-state index in [1.165, 1.54) is 24.4 Å². The number of fused-ring (bicyclic) bond motifs is 1. The van der Waals surface area contributed by atoms with Gasteiger partial charge in [0, 0.05) is 12.7 Å². The number of hydrogen-bond donors (Lipinski definition) is 0. The summed E-state index contributed by atoms with van der Waals surface area (Å²) in [6.45, 7) is 0.222. The monoisotopic (exact) mass is 372 g/mol. The van der Waals surface area contributed by atoms with Gasteiger partial charge in [0.2, 0.25) is 0 Å². The fraction of sp³-hybridized carbons (Fsp3) is 0.143. The van der Waals surface area contributed by atoms with Crippen molar-refractivity contribution in [2.45, 2.75) is 0 Å². The number of hydrogen-bond acceptors (Lipinski definition) is 5. The van der Waals surface area contributed by atoms with Gasteiger partial charge in [-0.3, -0.25) is 0 Å². The molecule has 120 valence electrons. The molecule has 23 heavy (non-hydrogen) atoms. The lowest BCUT2D eigenvalue weighted by Gasteiger charge is -2.26. The summed E-state index contributed by atoms with van der Waals surface area (Å²) >= 11 is 11.8. The van der Waals surface area contributed by atoms with E-state index in [1.54, 1.807) is 17.0 Å². The summed E-state index contributed by atoms with van der Waals surface area (Å²) in [6.07, 6.45) is 4.39. The number of nitrogens with zero attached hydrogens (tertiary/aromatic N) is 2. The minimum Gasteiger partial charge on any atom is -0.421 e. The molecule has 9 heteroatoms. The van der Waals surface area contributed by atoms with Crippen LogP contribution in [0.25, 0.3) is 0 Å². The number of sulfonamides is 1. The Morgan fingerprint density at radius 1 is 1.26 bits per heavy atom. The molecular formula is C14H10Cl2N2O4S. The Bertz CT molecular complexity index is 875. The average molecular weight is 373 g/mol. The van der Waals surface area contributed by atoms with Gasteiger partial charge in [-0.1, -0.05) is 29.3 Å². The highest BCUT2D eigenvalue weighted by atomic mass is 35.5. The number of rotatable bonds is 2. The first-order valence-corrected chi connectivity index (χ1v) is 8.88. The van der Waals surface area contributed by atoms with E-state index >= 15 is 0 Å². The van der Waals surface area contributed by atoms with E-state index in [0.717, 1.165) is 0 Å². The van der Waals surface area contributed by atoms with E-state index in [2.05, 4.69) is 4.40 Å². The molecule has 0 radical (unpaired) electrons. The van der Waals surface area contributed by atoms with Crippen LogP contribution in [0.2, 0.25) is 10.0 Å². The van der Waals surface area contributed by atoms with E-state index in [0.29, 0.717) is 0 Å². The molecule has 0 amide bonds. The summed E-state index contributed by atoms with van der Waals surface area (Å²) in [5, 5.41) is 0.426. The van der Waals surface area contributed by atoms with Crippen molar-refractivity contribution in [3.8, 4) is 5.75 Å². The van der Waals surface area contributed by atoms with Crippen molar-refractivity contribution in [2.24, 2.45) is 4.40 Å². The van der Waals surface area contributed by atoms with Gasteiger partial charge in [0.05, 0.1) is 16.3 Å². The second-order valence-electron chi connectivity index (χ2n) is 4.79. The van der Waals surface area contributed by atoms with Crippen molar-refractivity contribution in [1.82, 2.24) is 4.90 Å². The van der Waals surface area contributed by atoms with E-state index in [9.17, 15) is 13.2 Å². The molecule has 0 atom stereocenters. The lowest BCUT2D eigenvalue weighted by Crippen LogP contribution is -2.37. The minimum absolute atomic E-state index is 0.108. The predicted molar refractivity (Wildman–Crippen MR) is 87.2 cm³/mol. The van der Waals surface area contributed by atoms with Gasteiger partial charge in [0.15, 0.2) is 5.75 Å². The Labute approximate surface area is 142 Å². The molecule has 0 fully saturated rings. The van der Waals surface area contributed by atoms with E-state index in [-0.39, 0.29) is 39.5 Å². The molecule has 0 saturated carbocycles. The van der Waals surface area contributed by atoms with Crippen LogP contribution in [0, 0.1) is 0 Å². The highest BCUT2D eigenvalue weighted by molar-refractivity contribution is 7.90. The lowest BCUT2D eigenvalue weighted by molar-refractivity contribution is -0.129. The first-order valence-electron chi connectivity index (χ1n) is 6.51. The molecule has 0 bridgehead atoms. The highest BCUT2D eigenvalue weighted by Crippen LogP contribution is 2.32. The molecule has 0 spiro atoms. The maximum atomic E-state index is 12.2. The third kappa shape index (κ3) is 3.41. The molecule has 2 heterocycles. The summed E-state index contributed by atoms with van der Waals surface area (Å²) in [7, 11) is -3.43. The number of benzene rings is 1. The van der Waals surface area contributed by atoms with Crippen LogP contribution in [0.4, 0.5) is 0 Å². The van der Waals surface area contributed by atoms with Crippen molar-refractivity contribution < 1.29 is 17.9 Å². The van der Waals surface area contributed by atoms with Crippen LogP contribution in [-0.2, 0) is 14.8 Å². The SMILES string of the molecule is O=C(Oc1cccc(Cl)c1Cl)C1=CN2CCS(=O)(=O)N=C2C=C1. The number of ether oxygens (including phenoxy) is 1. The Morgan fingerprint density at radius 3 is 2.83 bits per heavy atom. The fourth-order valence-corrected chi connectivity index (χ4v) is 3.34. The molecule has 6 nitrogen and oxygen atoms in total. The van der Waals surface area contributed by atoms with Crippen LogP contribution in [0.3, 0.4) is 0 Å². The van der Waals surface area contributed by atoms with Crippen LogP contribution in [-0.4, -0.2) is 37.4 Å². The molecule has 0 N–H and O–H groups in total. The van der Waals surface area contributed by atoms with Gasteiger partial charge in [0.25, 0.3) is 10.0 Å². The van der Waals surface area contributed by atoms with Gasteiger partial charge >= 0.3 is 5.97 Å². The molecule has 0 aromatic heterocycles. The normalized spacial score (nSPS) is 18.8. The Morgan fingerprint density at radius 2 is 2.04 bits per heavy atom. The van der Waals surface area contributed by atoms with Gasteiger partial charge in [-0.15, -0.1) is 4.40 Å². The molecule has 2 aliphatic heterocycles. The van der Waals surface area contributed by atoms with Crippen LogP contribution in [0.15, 0.2) is 46.5 Å². The summed E-state index contributed by atoms with van der Waals surface area (Å²) in [4.78, 5) is 13.8. The smallest absolute Gasteiger partial charge is 0.345 e. The van der Waals surface area contributed by atoms with E-state index in [4.69, 9.17) is 27.9 Å². The Kier molecular flexibility index (Phi) is 4.18.